The quantitative estimate of drug-likeness (QED) is 0.600. The Morgan fingerprint density at radius 1 is 1.18 bits per heavy atom. The third-order valence-corrected chi connectivity index (χ3v) is 7.35. The fraction of sp³-hybridized carbons (Fsp3) is 0.385. The van der Waals surface area contributed by atoms with Crippen LogP contribution in [-0.4, -0.2) is 40.7 Å². The molecule has 1 N–H and O–H groups in total. The predicted molar refractivity (Wildman–Crippen MR) is 128 cm³/mol. The standard InChI is InChI=1S/C26H25FN6O/c1-28-22-6-4-18(12-20(22)27)25-31-23(32-11-9-26(16-32)8-10-29-15-26)13-24(34)33(25)19-5-7-21(30-14-19)17-2-3-17/h4-7,12-14,17,29H,2-3,8-11,15-16H2. The van der Waals surface area contributed by atoms with Crippen LogP contribution in [0.5, 0.6) is 0 Å². The van der Waals surface area contributed by atoms with Gasteiger partial charge in [0.1, 0.15) is 17.5 Å². The van der Waals surface area contributed by atoms with Crippen LogP contribution in [-0.2, 0) is 0 Å². The molecule has 1 aliphatic carbocycles. The lowest BCUT2D eigenvalue weighted by Crippen LogP contribution is -2.31. The molecule has 1 saturated carbocycles. The van der Waals surface area contributed by atoms with Gasteiger partial charge < -0.3 is 10.2 Å². The smallest absolute Gasteiger partial charge is 0.260 e. The van der Waals surface area contributed by atoms with E-state index in [1.165, 1.54) is 16.7 Å². The lowest BCUT2D eigenvalue weighted by Gasteiger charge is -2.24. The molecule has 1 atom stereocenters. The first kappa shape index (κ1) is 21.0. The summed E-state index contributed by atoms with van der Waals surface area (Å²) in [6.07, 6.45) is 6.16. The highest BCUT2D eigenvalue weighted by Crippen LogP contribution is 2.39. The summed E-state index contributed by atoms with van der Waals surface area (Å²) >= 11 is 0. The highest BCUT2D eigenvalue weighted by atomic mass is 19.1. The number of hydrogen-bond donors (Lipinski definition) is 1. The van der Waals surface area contributed by atoms with Gasteiger partial charge >= 0.3 is 0 Å². The lowest BCUT2D eigenvalue weighted by molar-refractivity contribution is 0.369. The second-order valence-corrected chi connectivity index (χ2v) is 9.70. The molecule has 4 heterocycles. The second-order valence-electron chi connectivity index (χ2n) is 9.70. The van der Waals surface area contributed by atoms with E-state index < -0.39 is 5.82 Å². The number of rotatable bonds is 4. The molecule has 172 valence electrons. The molecule has 7 nitrogen and oxygen atoms in total. The van der Waals surface area contributed by atoms with Gasteiger partial charge in [0.15, 0.2) is 0 Å². The lowest BCUT2D eigenvalue weighted by atomic mass is 9.87. The normalized spacial score (nSPS) is 21.8. The minimum Gasteiger partial charge on any atom is -0.356 e. The number of aromatic nitrogens is 3. The number of nitrogens with one attached hydrogen (secondary N) is 1. The molecule has 1 spiro atoms. The average molecular weight is 457 g/mol. The molecule has 2 aliphatic heterocycles. The van der Waals surface area contributed by atoms with Crippen LogP contribution in [0.25, 0.3) is 21.9 Å². The molecule has 2 saturated heterocycles. The van der Waals surface area contributed by atoms with Gasteiger partial charge in [-0.15, -0.1) is 0 Å². The minimum absolute atomic E-state index is 0.0560. The zero-order valence-electron chi connectivity index (χ0n) is 18.8. The summed E-state index contributed by atoms with van der Waals surface area (Å²) in [6.45, 7) is 10.8. The van der Waals surface area contributed by atoms with E-state index in [2.05, 4.69) is 20.0 Å². The highest BCUT2D eigenvalue weighted by Gasteiger charge is 2.41. The van der Waals surface area contributed by atoms with Crippen LogP contribution in [0.1, 0.15) is 37.3 Å². The Kier molecular flexibility index (Phi) is 4.96. The van der Waals surface area contributed by atoms with Gasteiger partial charge in [-0.05, 0) is 50.4 Å². The fourth-order valence-corrected chi connectivity index (χ4v) is 5.24. The van der Waals surface area contributed by atoms with Gasteiger partial charge in [0.05, 0.1) is 18.5 Å². The summed E-state index contributed by atoms with van der Waals surface area (Å²) in [5.41, 5.74) is 2.01. The van der Waals surface area contributed by atoms with Gasteiger partial charge in [-0.25, -0.2) is 14.2 Å². The van der Waals surface area contributed by atoms with Crippen molar-refractivity contribution >= 4 is 11.5 Å². The number of hydrogen-bond acceptors (Lipinski definition) is 5. The molecule has 0 amide bonds. The predicted octanol–water partition coefficient (Wildman–Crippen LogP) is 4.05. The molecule has 3 aromatic rings. The van der Waals surface area contributed by atoms with Crippen molar-refractivity contribution < 1.29 is 4.39 Å². The Morgan fingerprint density at radius 3 is 2.74 bits per heavy atom. The molecule has 0 bridgehead atoms. The van der Waals surface area contributed by atoms with Crippen molar-refractivity contribution in [1.29, 1.82) is 0 Å². The molecule has 1 aromatic carbocycles. The third-order valence-electron chi connectivity index (χ3n) is 7.35. The average Bonchev–Trinajstić information content (AvgIpc) is 3.47. The summed E-state index contributed by atoms with van der Waals surface area (Å²) in [4.78, 5) is 28.3. The number of benzene rings is 1. The van der Waals surface area contributed by atoms with E-state index in [4.69, 9.17) is 11.6 Å². The van der Waals surface area contributed by atoms with Crippen LogP contribution in [0, 0.1) is 17.8 Å². The van der Waals surface area contributed by atoms with Crippen molar-refractivity contribution in [2.75, 3.05) is 31.1 Å². The molecule has 3 fully saturated rings. The summed E-state index contributed by atoms with van der Waals surface area (Å²) in [5, 5.41) is 3.45. The SMILES string of the molecule is [C-]#[N+]c1ccc(-c2nc(N3CCC4(CCNC4)C3)cc(=O)n2-c2ccc(C3CC3)nc2)cc1F. The Hall–Kier alpha value is -3.57. The van der Waals surface area contributed by atoms with E-state index in [9.17, 15) is 9.18 Å². The van der Waals surface area contributed by atoms with Crippen molar-refractivity contribution in [2.24, 2.45) is 5.41 Å². The van der Waals surface area contributed by atoms with Crippen LogP contribution in [0.15, 0.2) is 47.4 Å². The first-order chi connectivity index (χ1) is 16.5. The molecule has 2 aromatic heterocycles. The van der Waals surface area contributed by atoms with Gasteiger partial charge in [0, 0.05) is 48.3 Å². The van der Waals surface area contributed by atoms with Crippen LogP contribution >= 0.6 is 0 Å². The molecule has 8 heteroatoms. The van der Waals surface area contributed by atoms with Crippen molar-refractivity contribution in [3.05, 3.63) is 75.9 Å². The van der Waals surface area contributed by atoms with Crippen LogP contribution in [0.4, 0.5) is 15.9 Å². The molecular formula is C26H25FN6O. The van der Waals surface area contributed by atoms with E-state index in [0.717, 1.165) is 57.6 Å². The molecule has 1 unspecified atom stereocenters. The summed E-state index contributed by atoms with van der Waals surface area (Å²) in [7, 11) is 0. The fourth-order valence-electron chi connectivity index (χ4n) is 5.24. The maximum Gasteiger partial charge on any atom is 0.260 e. The molecule has 6 rings (SSSR count). The van der Waals surface area contributed by atoms with Crippen molar-refractivity contribution in [3.8, 4) is 17.1 Å². The van der Waals surface area contributed by atoms with Crippen molar-refractivity contribution in [2.45, 2.75) is 31.6 Å². The molecular weight excluding hydrogens is 431 g/mol. The zero-order valence-corrected chi connectivity index (χ0v) is 18.8. The molecule has 3 aliphatic rings. The number of nitrogens with zero attached hydrogens (tertiary/aromatic N) is 5. The van der Waals surface area contributed by atoms with Gasteiger partial charge in [-0.1, -0.05) is 12.1 Å². The summed E-state index contributed by atoms with van der Waals surface area (Å²) in [5.74, 6) is 0.841. The first-order valence-electron chi connectivity index (χ1n) is 11.8. The Balaban J connectivity index is 1.46. The van der Waals surface area contributed by atoms with Crippen molar-refractivity contribution in [3.63, 3.8) is 0 Å². The maximum absolute atomic E-state index is 14.6. The van der Waals surface area contributed by atoms with E-state index in [0.29, 0.717) is 28.8 Å². The van der Waals surface area contributed by atoms with Gasteiger partial charge in [-0.2, -0.15) is 0 Å². The second kappa shape index (κ2) is 8.03. The van der Waals surface area contributed by atoms with E-state index >= 15 is 0 Å². The van der Waals surface area contributed by atoms with Gasteiger partial charge in [-0.3, -0.25) is 14.3 Å². The minimum atomic E-state index is -0.627. The van der Waals surface area contributed by atoms with Gasteiger partial charge in [0.25, 0.3) is 5.56 Å². The van der Waals surface area contributed by atoms with E-state index in [-0.39, 0.29) is 16.7 Å². The van der Waals surface area contributed by atoms with Crippen LogP contribution < -0.4 is 15.8 Å². The Labute approximate surface area is 197 Å². The third kappa shape index (κ3) is 3.66. The van der Waals surface area contributed by atoms with Crippen molar-refractivity contribution in [1.82, 2.24) is 19.9 Å². The highest BCUT2D eigenvalue weighted by molar-refractivity contribution is 5.64. The van der Waals surface area contributed by atoms with E-state index in [1.807, 2.05) is 12.1 Å². The summed E-state index contributed by atoms with van der Waals surface area (Å²) < 4.78 is 16.1. The number of anilines is 1. The van der Waals surface area contributed by atoms with E-state index in [1.54, 1.807) is 18.3 Å². The Bertz CT molecular complexity index is 1350. The number of halogens is 1. The number of pyridine rings is 1. The van der Waals surface area contributed by atoms with Gasteiger partial charge in [0.2, 0.25) is 5.69 Å². The molecule has 0 radical (unpaired) electrons. The van der Waals surface area contributed by atoms with Crippen LogP contribution in [0.3, 0.4) is 0 Å². The topological polar surface area (TPSA) is 67.4 Å². The summed E-state index contributed by atoms with van der Waals surface area (Å²) in [6, 6.07) is 9.78. The molecule has 34 heavy (non-hydrogen) atoms. The largest absolute Gasteiger partial charge is 0.356 e. The maximum atomic E-state index is 14.6. The Morgan fingerprint density at radius 2 is 2.06 bits per heavy atom. The monoisotopic (exact) mass is 456 g/mol. The van der Waals surface area contributed by atoms with Crippen LogP contribution in [0.2, 0.25) is 0 Å². The first-order valence-corrected chi connectivity index (χ1v) is 11.8. The zero-order chi connectivity index (χ0) is 23.3.